The lowest BCUT2D eigenvalue weighted by atomic mass is 10.2. The maximum Gasteiger partial charge on any atom is 0.289 e. The molecule has 1 aromatic heterocycles. The summed E-state index contributed by atoms with van der Waals surface area (Å²) in [6.07, 6.45) is 1.49. The van der Waals surface area contributed by atoms with Crippen molar-refractivity contribution in [2.75, 3.05) is 20.2 Å². The third-order valence-electron chi connectivity index (χ3n) is 3.92. The number of nitrogens with zero attached hydrogens (tertiary/aromatic N) is 1. The van der Waals surface area contributed by atoms with Crippen LogP contribution in [0.25, 0.3) is 0 Å². The average Bonchev–Trinajstić information content (AvgIpc) is 3.15. The second-order valence-electron chi connectivity index (χ2n) is 5.91. The van der Waals surface area contributed by atoms with Gasteiger partial charge in [0.25, 0.3) is 5.91 Å². The van der Waals surface area contributed by atoms with Gasteiger partial charge in [-0.2, -0.15) is 0 Å². The van der Waals surface area contributed by atoms with Crippen molar-refractivity contribution in [1.82, 2.24) is 4.90 Å². The molecule has 5 nitrogen and oxygen atoms in total. The van der Waals surface area contributed by atoms with E-state index in [9.17, 15) is 4.79 Å². The van der Waals surface area contributed by atoms with E-state index in [0.29, 0.717) is 29.5 Å². The lowest BCUT2D eigenvalue weighted by molar-refractivity contribution is 0.0738. The number of carbonyl (C=O) groups is 1. The Bertz CT molecular complexity index is 879. The van der Waals surface area contributed by atoms with Gasteiger partial charge in [0, 0.05) is 17.6 Å². The van der Waals surface area contributed by atoms with Gasteiger partial charge in [-0.15, -0.1) is 0 Å². The standard InChI is InChI=1S/C21H20ClNO4/c1-23(11-13-25-19-9-5-6-17(22)14-19)21(24)20-16(10-12-26-20)15-27-18-7-3-2-4-8-18/h2-10,12,14H,11,13,15H2,1H3. The number of amides is 1. The second-order valence-corrected chi connectivity index (χ2v) is 6.35. The highest BCUT2D eigenvalue weighted by Crippen LogP contribution is 2.18. The third-order valence-corrected chi connectivity index (χ3v) is 4.15. The molecule has 1 amide bonds. The molecule has 140 valence electrons. The van der Waals surface area contributed by atoms with E-state index in [1.165, 1.54) is 6.26 Å². The van der Waals surface area contributed by atoms with Crippen LogP contribution in [0.4, 0.5) is 0 Å². The van der Waals surface area contributed by atoms with E-state index < -0.39 is 0 Å². The topological polar surface area (TPSA) is 51.9 Å². The van der Waals surface area contributed by atoms with E-state index in [-0.39, 0.29) is 18.3 Å². The van der Waals surface area contributed by atoms with Gasteiger partial charge in [-0.1, -0.05) is 35.9 Å². The molecule has 0 aliphatic carbocycles. The van der Waals surface area contributed by atoms with Crippen LogP contribution in [0.15, 0.2) is 71.3 Å². The van der Waals surface area contributed by atoms with Gasteiger partial charge in [-0.3, -0.25) is 4.79 Å². The molecule has 3 rings (SSSR count). The SMILES string of the molecule is CN(CCOc1cccc(Cl)c1)C(=O)c1occc1COc1ccccc1. The van der Waals surface area contributed by atoms with Crippen molar-refractivity contribution in [1.29, 1.82) is 0 Å². The predicted octanol–water partition coefficient (Wildman–Crippen LogP) is 4.66. The number of carbonyl (C=O) groups excluding carboxylic acids is 1. The van der Waals surface area contributed by atoms with Gasteiger partial charge in [0.1, 0.15) is 24.7 Å². The molecule has 0 saturated carbocycles. The van der Waals surface area contributed by atoms with Gasteiger partial charge in [-0.25, -0.2) is 0 Å². The Morgan fingerprint density at radius 3 is 2.59 bits per heavy atom. The van der Waals surface area contributed by atoms with E-state index in [4.69, 9.17) is 25.5 Å². The van der Waals surface area contributed by atoms with Crippen LogP contribution in [0, 0.1) is 0 Å². The van der Waals surface area contributed by atoms with Gasteiger partial charge in [-0.05, 0) is 36.4 Å². The first-order valence-corrected chi connectivity index (χ1v) is 8.89. The monoisotopic (exact) mass is 385 g/mol. The molecule has 0 N–H and O–H groups in total. The van der Waals surface area contributed by atoms with E-state index in [1.54, 1.807) is 30.1 Å². The summed E-state index contributed by atoms with van der Waals surface area (Å²) < 4.78 is 16.7. The molecule has 0 spiro atoms. The van der Waals surface area contributed by atoms with Crippen molar-refractivity contribution >= 4 is 17.5 Å². The van der Waals surface area contributed by atoms with E-state index >= 15 is 0 Å². The zero-order valence-electron chi connectivity index (χ0n) is 14.9. The molecule has 1 heterocycles. The molecule has 0 saturated heterocycles. The summed E-state index contributed by atoms with van der Waals surface area (Å²) >= 11 is 5.93. The number of ether oxygens (including phenoxy) is 2. The van der Waals surface area contributed by atoms with E-state index in [1.807, 2.05) is 42.5 Å². The molecule has 0 fully saturated rings. The fourth-order valence-corrected chi connectivity index (χ4v) is 2.63. The van der Waals surface area contributed by atoms with Gasteiger partial charge in [0.15, 0.2) is 5.76 Å². The number of para-hydroxylation sites is 1. The van der Waals surface area contributed by atoms with Crippen molar-refractivity contribution in [3.8, 4) is 11.5 Å². The average molecular weight is 386 g/mol. The fourth-order valence-electron chi connectivity index (χ4n) is 2.45. The first-order chi connectivity index (χ1) is 13.1. The first kappa shape index (κ1) is 18.9. The molecule has 2 aromatic carbocycles. The normalized spacial score (nSPS) is 10.4. The van der Waals surface area contributed by atoms with Crippen LogP contribution in [0.2, 0.25) is 5.02 Å². The van der Waals surface area contributed by atoms with Crippen LogP contribution in [0.5, 0.6) is 11.5 Å². The van der Waals surface area contributed by atoms with Crippen LogP contribution in [0.3, 0.4) is 0 Å². The fraction of sp³-hybridized carbons (Fsp3) is 0.190. The Labute approximate surface area is 163 Å². The van der Waals surface area contributed by atoms with Crippen LogP contribution in [-0.2, 0) is 6.61 Å². The third kappa shape index (κ3) is 5.28. The molecule has 0 atom stereocenters. The molecule has 0 aliphatic rings. The van der Waals surface area contributed by atoms with Gasteiger partial charge >= 0.3 is 0 Å². The summed E-state index contributed by atoms with van der Waals surface area (Å²) in [7, 11) is 1.70. The van der Waals surface area contributed by atoms with Crippen LogP contribution < -0.4 is 9.47 Å². The zero-order valence-corrected chi connectivity index (χ0v) is 15.7. The summed E-state index contributed by atoms with van der Waals surface area (Å²) in [6, 6.07) is 18.3. The van der Waals surface area contributed by atoms with E-state index in [2.05, 4.69) is 0 Å². The Kier molecular flexibility index (Phi) is 6.39. The number of furan rings is 1. The minimum Gasteiger partial charge on any atom is -0.492 e. The Balaban J connectivity index is 1.53. The zero-order chi connectivity index (χ0) is 19.1. The van der Waals surface area contributed by atoms with Crippen molar-refractivity contribution in [2.45, 2.75) is 6.61 Å². The summed E-state index contributed by atoms with van der Waals surface area (Å²) in [4.78, 5) is 14.2. The summed E-state index contributed by atoms with van der Waals surface area (Å²) in [5.74, 6) is 1.45. The molecule has 0 aliphatic heterocycles. The molecule has 0 unspecified atom stereocenters. The van der Waals surface area contributed by atoms with Crippen molar-refractivity contribution < 1.29 is 18.7 Å². The highest BCUT2D eigenvalue weighted by atomic mass is 35.5. The molecule has 27 heavy (non-hydrogen) atoms. The summed E-state index contributed by atoms with van der Waals surface area (Å²) in [5.41, 5.74) is 0.700. The van der Waals surface area contributed by atoms with Crippen LogP contribution >= 0.6 is 11.6 Å². The molecule has 6 heteroatoms. The second kappa shape index (κ2) is 9.14. The molecular weight excluding hydrogens is 366 g/mol. The Hall–Kier alpha value is -2.92. The molecule has 0 bridgehead atoms. The maximum absolute atomic E-state index is 12.6. The molecule has 3 aromatic rings. The quantitative estimate of drug-likeness (QED) is 0.565. The molecular formula is C21H20ClNO4. The number of rotatable bonds is 8. The minimum absolute atomic E-state index is 0.221. The lowest BCUT2D eigenvalue weighted by Gasteiger charge is -2.17. The molecule has 0 radical (unpaired) electrons. The number of hydrogen-bond acceptors (Lipinski definition) is 4. The van der Waals surface area contributed by atoms with Crippen molar-refractivity contribution in [3.63, 3.8) is 0 Å². The van der Waals surface area contributed by atoms with Gasteiger partial charge in [0.05, 0.1) is 12.8 Å². The smallest absolute Gasteiger partial charge is 0.289 e. The number of hydrogen-bond donors (Lipinski definition) is 0. The maximum atomic E-state index is 12.6. The predicted molar refractivity (Wildman–Crippen MR) is 103 cm³/mol. The summed E-state index contributed by atoms with van der Waals surface area (Å²) in [6.45, 7) is 1.01. The number of benzene rings is 2. The Morgan fingerprint density at radius 1 is 1.04 bits per heavy atom. The van der Waals surface area contributed by atoms with Crippen LogP contribution in [-0.4, -0.2) is 31.0 Å². The van der Waals surface area contributed by atoms with Gasteiger partial charge < -0.3 is 18.8 Å². The van der Waals surface area contributed by atoms with E-state index in [0.717, 1.165) is 5.75 Å². The van der Waals surface area contributed by atoms with Gasteiger partial charge in [0.2, 0.25) is 0 Å². The van der Waals surface area contributed by atoms with Crippen molar-refractivity contribution in [3.05, 3.63) is 83.3 Å². The Morgan fingerprint density at radius 2 is 1.81 bits per heavy atom. The highest BCUT2D eigenvalue weighted by molar-refractivity contribution is 6.30. The number of halogens is 1. The largest absolute Gasteiger partial charge is 0.492 e. The highest BCUT2D eigenvalue weighted by Gasteiger charge is 2.20. The van der Waals surface area contributed by atoms with Crippen LogP contribution in [0.1, 0.15) is 16.1 Å². The first-order valence-electron chi connectivity index (χ1n) is 8.51. The summed E-state index contributed by atoms with van der Waals surface area (Å²) in [5, 5.41) is 0.607. The minimum atomic E-state index is -0.221. The lowest BCUT2D eigenvalue weighted by Crippen LogP contribution is -2.31. The van der Waals surface area contributed by atoms with Crippen molar-refractivity contribution in [2.24, 2.45) is 0 Å². The number of likely N-dealkylation sites (N-methyl/N-ethyl adjacent to an activating group) is 1.